The zero-order valence-electron chi connectivity index (χ0n) is 13.7. The normalized spacial score (nSPS) is 12.1. The van der Waals surface area contributed by atoms with Gasteiger partial charge in [-0.05, 0) is 12.3 Å². The summed E-state index contributed by atoms with van der Waals surface area (Å²) in [6.07, 6.45) is 15.9. The smallest absolute Gasteiger partial charge is 0.330 e. The Morgan fingerprint density at radius 3 is 2.10 bits per heavy atom. The summed E-state index contributed by atoms with van der Waals surface area (Å²) >= 11 is 0. The zero-order valence-corrected chi connectivity index (χ0v) is 13.7. The first-order valence-corrected chi connectivity index (χ1v) is 8.49. The topological polar surface area (TPSA) is 26.3 Å². The molecule has 1 unspecified atom stereocenters. The largest absolute Gasteiger partial charge is 0.463 e. The lowest BCUT2D eigenvalue weighted by Crippen LogP contribution is -2.06. The SMILES string of the molecule is C=CC(=O)OCCC(C)CCCCCCCCCCC. The lowest BCUT2D eigenvalue weighted by molar-refractivity contribution is -0.138. The third kappa shape index (κ3) is 13.6. The Hall–Kier alpha value is -0.790. The van der Waals surface area contributed by atoms with Crippen LogP contribution in [-0.4, -0.2) is 12.6 Å². The molecule has 0 heterocycles. The highest BCUT2D eigenvalue weighted by Crippen LogP contribution is 2.15. The minimum absolute atomic E-state index is 0.305. The van der Waals surface area contributed by atoms with E-state index in [2.05, 4.69) is 20.4 Å². The third-order valence-electron chi connectivity index (χ3n) is 3.82. The van der Waals surface area contributed by atoms with Gasteiger partial charge >= 0.3 is 5.97 Å². The van der Waals surface area contributed by atoms with Gasteiger partial charge in [0.05, 0.1) is 6.61 Å². The van der Waals surface area contributed by atoms with Crippen molar-refractivity contribution in [1.29, 1.82) is 0 Å². The predicted molar refractivity (Wildman–Crippen MR) is 86.8 cm³/mol. The zero-order chi connectivity index (χ0) is 15.1. The summed E-state index contributed by atoms with van der Waals surface area (Å²) in [5.41, 5.74) is 0. The van der Waals surface area contributed by atoms with Crippen LogP contribution in [-0.2, 0) is 9.53 Å². The van der Waals surface area contributed by atoms with Crippen LogP contribution in [0.25, 0.3) is 0 Å². The Morgan fingerprint density at radius 2 is 1.55 bits per heavy atom. The molecule has 0 rings (SSSR count). The van der Waals surface area contributed by atoms with Crippen LogP contribution in [0.3, 0.4) is 0 Å². The molecule has 0 amide bonds. The number of hydrogen-bond donors (Lipinski definition) is 0. The lowest BCUT2D eigenvalue weighted by atomic mass is 9.99. The molecular formula is C18H34O2. The summed E-state index contributed by atoms with van der Waals surface area (Å²) in [4.78, 5) is 10.9. The first-order valence-electron chi connectivity index (χ1n) is 8.49. The van der Waals surface area contributed by atoms with E-state index in [1.807, 2.05) is 0 Å². The van der Waals surface area contributed by atoms with E-state index in [4.69, 9.17) is 4.74 Å². The van der Waals surface area contributed by atoms with Crippen molar-refractivity contribution >= 4 is 5.97 Å². The second kappa shape index (κ2) is 14.6. The van der Waals surface area contributed by atoms with Crippen molar-refractivity contribution in [2.45, 2.75) is 84.5 Å². The highest BCUT2D eigenvalue weighted by Gasteiger charge is 2.03. The number of carbonyl (C=O) groups is 1. The fourth-order valence-electron chi connectivity index (χ4n) is 2.37. The Balaban J connectivity index is 3.20. The minimum Gasteiger partial charge on any atom is -0.463 e. The molecule has 0 fully saturated rings. The number of esters is 1. The van der Waals surface area contributed by atoms with Crippen molar-refractivity contribution in [1.82, 2.24) is 0 Å². The van der Waals surface area contributed by atoms with Gasteiger partial charge in [-0.1, -0.05) is 84.6 Å². The molecule has 0 aromatic carbocycles. The Labute approximate surface area is 126 Å². The molecule has 1 atom stereocenters. The van der Waals surface area contributed by atoms with E-state index in [9.17, 15) is 4.79 Å². The van der Waals surface area contributed by atoms with Crippen LogP contribution >= 0.6 is 0 Å². The van der Waals surface area contributed by atoms with Crippen molar-refractivity contribution in [2.75, 3.05) is 6.61 Å². The molecule has 2 heteroatoms. The maximum atomic E-state index is 10.9. The van der Waals surface area contributed by atoms with Gasteiger partial charge in [-0.25, -0.2) is 4.79 Å². The highest BCUT2D eigenvalue weighted by molar-refractivity contribution is 5.81. The minimum atomic E-state index is -0.305. The second-order valence-electron chi connectivity index (χ2n) is 5.88. The van der Waals surface area contributed by atoms with Crippen LogP contribution in [0.15, 0.2) is 12.7 Å². The van der Waals surface area contributed by atoms with E-state index in [1.165, 1.54) is 70.3 Å². The van der Waals surface area contributed by atoms with E-state index in [0.29, 0.717) is 12.5 Å². The number of hydrogen-bond acceptors (Lipinski definition) is 2. The fourth-order valence-corrected chi connectivity index (χ4v) is 2.37. The number of rotatable bonds is 14. The molecule has 0 spiro atoms. The molecule has 0 aliphatic carbocycles. The molecule has 2 nitrogen and oxygen atoms in total. The molecule has 0 aliphatic heterocycles. The molecule has 0 aromatic rings. The fraction of sp³-hybridized carbons (Fsp3) is 0.833. The van der Waals surface area contributed by atoms with E-state index in [0.717, 1.165) is 6.42 Å². The summed E-state index contributed by atoms with van der Waals surface area (Å²) in [6.45, 7) is 8.42. The van der Waals surface area contributed by atoms with Crippen molar-refractivity contribution in [2.24, 2.45) is 5.92 Å². The summed E-state index contributed by atoms with van der Waals surface area (Å²) < 4.78 is 5.00. The van der Waals surface area contributed by atoms with Crippen molar-refractivity contribution in [3.8, 4) is 0 Å². The predicted octanol–water partition coefficient (Wildman–Crippen LogP) is 5.66. The van der Waals surface area contributed by atoms with Gasteiger partial charge in [0.2, 0.25) is 0 Å². The molecule has 118 valence electrons. The summed E-state index contributed by atoms with van der Waals surface area (Å²) in [5, 5.41) is 0. The standard InChI is InChI=1S/C18H34O2/c1-4-6-7-8-9-10-11-12-13-14-17(3)15-16-20-18(19)5-2/h5,17H,2,4,6-16H2,1,3H3. The van der Waals surface area contributed by atoms with Gasteiger partial charge in [0.1, 0.15) is 0 Å². The lowest BCUT2D eigenvalue weighted by Gasteiger charge is -2.10. The van der Waals surface area contributed by atoms with Crippen LogP contribution in [0.5, 0.6) is 0 Å². The van der Waals surface area contributed by atoms with Gasteiger partial charge in [-0.2, -0.15) is 0 Å². The first-order chi connectivity index (χ1) is 9.70. The quantitative estimate of drug-likeness (QED) is 0.233. The average molecular weight is 282 g/mol. The third-order valence-corrected chi connectivity index (χ3v) is 3.82. The molecule has 0 saturated heterocycles. The second-order valence-corrected chi connectivity index (χ2v) is 5.88. The number of ether oxygens (including phenoxy) is 1. The van der Waals surface area contributed by atoms with Gasteiger partial charge in [-0.15, -0.1) is 0 Å². The highest BCUT2D eigenvalue weighted by atomic mass is 16.5. The van der Waals surface area contributed by atoms with Gasteiger partial charge in [0, 0.05) is 6.08 Å². The molecule has 0 aromatic heterocycles. The summed E-state index contributed by atoms with van der Waals surface area (Å²) in [7, 11) is 0. The van der Waals surface area contributed by atoms with E-state index in [1.54, 1.807) is 0 Å². The van der Waals surface area contributed by atoms with E-state index in [-0.39, 0.29) is 5.97 Å². The molecule has 20 heavy (non-hydrogen) atoms. The monoisotopic (exact) mass is 282 g/mol. The van der Waals surface area contributed by atoms with Crippen LogP contribution in [0.1, 0.15) is 84.5 Å². The van der Waals surface area contributed by atoms with Gasteiger partial charge in [0.15, 0.2) is 0 Å². The van der Waals surface area contributed by atoms with Crippen molar-refractivity contribution < 1.29 is 9.53 Å². The molecule has 0 bridgehead atoms. The molecule has 0 N–H and O–H groups in total. The molecule has 0 aliphatic rings. The van der Waals surface area contributed by atoms with Crippen molar-refractivity contribution in [3.05, 3.63) is 12.7 Å². The van der Waals surface area contributed by atoms with E-state index >= 15 is 0 Å². The van der Waals surface area contributed by atoms with Crippen LogP contribution in [0.2, 0.25) is 0 Å². The first kappa shape index (κ1) is 19.2. The summed E-state index contributed by atoms with van der Waals surface area (Å²) in [5.74, 6) is 0.345. The number of carbonyl (C=O) groups excluding carboxylic acids is 1. The maximum Gasteiger partial charge on any atom is 0.330 e. The van der Waals surface area contributed by atoms with E-state index < -0.39 is 0 Å². The molecule has 0 radical (unpaired) electrons. The van der Waals surface area contributed by atoms with Crippen molar-refractivity contribution in [3.63, 3.8) is 0 Å². The number of unbranched alkanes of at least 4 members (excludes halogenated alkanes) is 8. The summed E-state index contributed by atoms with van der Waals surface area (Å²) in [6, 6.07) is 0. The average Bonchev–Trinajstić information content (AvgIpc) is 2.45. The Kier molecular flexibility index (Phi) is 14.0. The maximum absolute atomic E-state index is 10.9. The van der Waals surface area contributed by atoms with Gasteiger partial charge < -0.3 is 4.74 Å². The Bertz CT molecular complexity index is 236. The molecular weight excluding hydrogens is 248 g/mol. The van der Waals surface area contributed by atoms with Crippen LogP contribution in [0.4, 0.5) is 0 Å². The molecule has 0 saturated carbocycles. The van der Waals surface area contributed by atoms with Gasteiger partial charge in [-0.3, -0.25) is 0 Å². The van der Waals surface area contributed by atoms with Crippen LogP contribution in [0, 0.1) is 5.92 Å². The Morgan fingerprint density at radius 1 is 1.00 bits per heavy atom. The van der Waals surface area contributed by atoms with Crippen LogP contribution < -0.4 is 0 Å². The van der Waals surface area contributed by atoms with Gasteiger partial charge in [0.25, 0.3) is 0 Å².